The zero-order chi connectivity index (χ0) is 14.2. The van der Waals surface area contributed by atoms with E-state index < -0.39 is 16.5 Å². The molecule has 100 valence electrons. The van der Waals surface area contributed by atoms with Crippen molar-refractivity contribution in [3.8, 4) is 0 Å². The van der Waals surface area contributed by atoms with Crippen LogP contribution < -0.4 is 0 Å². The van der Waals surface area contributed by atoms with Gasteiger partial charge < -0.3 is 0 Å². The minimum atomic E-state index is -0.995. The van der Waals surface area contributed by atoms with E-state index in [0.717, 1.165) is 12.1 Å². The minimum Gasteiger partial charge on any atom is -0.204 e. The van der Waals surface area contributed by atoms with Crippen LogP contribution in [0.2, 0.25) is 15.1 Å². The van der Waals surface area contributed by atoms with E-state index in [1.807, 2.05) is 0 Å². The third-order valence-electron chi connectivity index (χ3n) is 2.54. The summed E-state index contributed by atoms with van der Waals surface area (Å²) < 4.78 is 26.3. The third kappa shape index (κ3) is 3.22. The van der Waals surface area contributed by atoms with Crippen LogP contribution in [0.4, 0.5) is 8.78 Å². The highest BCUT2D eigenvalue weighted by atomic mass is 79.9. The quantitative estimate of drug-likeness (QED) is 0.413. The molecular weight excluding hydrogens is 380 g/mol. The lowest BCUT2D eigenvalue weighted by Gasteiger charge is -2.15. The molecule has 1 atom stereocenters. The average Bonchev–Trinajstić information content (AvgIpc) is 2.36. The smallest absolute Gasteiger partial charge is 0.160 e. The molecule has 0 aliphatic carbocycles. The standard InChI is InChI=1S/C13H6BrCl3F2/c14-13(7-3-6(15)1-2-9(7)16)8-4-11(18)12(19)5-10(8)17/h1-5,13H. The molecular formula is C13H6BrCl3F2. The van der Waals surface area contributed by atoms with Crippen molar-refractivity contribution in [2.24, 2.45) is 0 Å². The molecule has 6 heteroatoms. The third-order valence-corrected chi connectivity index (χ3v) is 4.44. The first-order valence-corrected chi connectivity index (χ1v) is 7.18. The van der Waals surface area contributed by atoms with Crippen LogP contribution in [0, 0.1) is 11.6 Å². The van der Waals surface area contributed by atoms with Crippen molar-refractivity contribution in [1.82, 2.24) is 0 Å². The molecule has 0 saturated carbocycles. The Morgan fingerprint density at radius 1 is 0.842 bits per heavy atom. The van der Waals surface area contributed by atoms with E-state index in [9.17, 15) is 8.78 Å². The molecule has 0 N–H and O–H groups in total. The SMILES string of the molecule is Fc1cc(Cl)c(C(Br)c2cc(Cl)ccc2Cl)cc1F. The number of benzene rings is 2. The molecule has 1 unspecified atom stereocenters. The van der Waals surface area contributed by atoms with Gasteiger partial charge in [-0.1, -0.05) is 50.7 Å². The zero-order valence-corrected chi connectivity index (χ0v) is 13.1. The summed E-state index contributed by atoms with van der Waals surface area (Å²) in [6.07, 6.45) is 0. The summed E-state index contributed by atoms with van der Waals surface area (Å²) in [5.41, 5.74) is 1.01. The predicted molar refractivity (Wildman–Crippen MR) is 78.6 cm³/mol. The first-order valence-electron chi connectivity index (χ1n) is 5.13. The monoisotopic (exact) mass is 384 g/mol. The summed E-state index contributed by atoms with van der Waals surface area (Å²) in [6.45, 7) is 0. The maximum Gasteiger partial charge on any atom is 0.160 e. The van der Waals surface area contributed by atoms with Gasteiger partial charge in [-0.3, -0.25) is 0 Å². The summed E-state index contributed by atoms with van der Waals surface area (Å²) in [5.74, 6) is -1.97. The number of alkyl halides is 1. The van der Waals surface area contributed by atoms with Crippen LogP contribution >= 0.6 is 50.7 Å². The molecule has 0 fully saturated rings. The van der Waals surface area contributed by atoms with Crippen LogP contribution in [0.15, 0.2) is 30.3 Å². The van der Waals surface area contributed by atoms with Crippen molar-refractivity contribution in [2.45, 2.75) is 4.83 Å². The van der Waals surface area contributed by atoms with E-state index in [-0.39, 0.29) is 5.02 Å². The first kappa shape index (κ1) is 15.0. The fourth-order valence-corrected chi connectivity index (χ4v) is 3.30. The maximum absolute atomic E-state index is 13.3. The van der Waals surface area contributed by atoms with Crippen molar-refractivity contribution < 1.29 is 8.78 Å². The molecule has 19 heavy (non-hydrogen) atoms. The number of halogens is 6. The Morgan fingerprint density at radius 2 is 1.42 bits per heavy atom. The first-order chi connectivity index (χ1) is 8.90. The molecule has 0 saturated heterocycles. The van der Waals surface area contributed by atoms with Crippen molar-refractivity contribution in [2.75, 3.05) is 0 Å². The van der Waals surface area contributed by atoms with Gasteiger partial charge >= 0.3 is 0 Å². The number of rotatable bonds is 2. The largest absolute Gasteiger partial charge is 0.204 e. The minimum absolute atomic E-state index is 0.108. The summed E-state index contributed by atoms with van der Waals surface area (Å²) in [6, 6.07) is 6.87. The Hall–Kier alpha value is -0.350. The van der Waals surface area contributed by atoms with Crippen LogP contribution in [-0.4, -0.2) is 0 Å². The van der Waals surface area contributed by atoms with E-state index in [1.54, 1.807) is 18.2 Å². The van der Waals surface area contributed by atoms with Crippen molar-refractivity contribution >= 4 is 50.7 Å². The summed E-state index contributed by atoms with van der Waals surface area (Å²) in [4.78, 5) is -0.485. The number of hydrogen-bond donors (Lipinski definition) is 0. The van der Waals surface area contributed by atoms with Gasteiger partial charge in [0.15, 0.2) is 11.6 Å². The lowest BCUT2D eigenvalue weighted by molar-refractivity contribution is 0.507. The zero-order valence-electron chi connectivity index (χ0n) is 9.23. The fraction of sp³-hybridized carbons (Fsp3) is 0.0769. The predicted octanol–water partition coefficient (Wildman–Crippen LogP) is 6.41. The molecule has 2 rings (SSSR count). The van der Waals surface area contributed by atoms with Crippen molar-refractivity contribution in [3.05, 3.63) is 68.2 Å². The van der Waals surface area contributed by atoms with Crippen LogP contribution in [-0.2, 0) is 0 Å². The van der Waals surface area contributed by atoms with Crippen molar-refractivity contribution in [1.29, 1.82) is 0 Å². The molecule has 0 heterocycles. The molecule has 0 aromatic heterocycles. The number of hydrogen-bond acceptors (Lipinski definition) is 0. The maximum atomic E-state index is 13.3. The molecule has 0 aliphatic rings. The van der Waals surface area contributed by atoms with E-state index in [4.69, 9.17) is 34.8 Å². The summed E-state index contributed by atoms with van der Waals surface area (Å²) in [5, 5.41) is 1.05. The van der Waals surface area contributed by atoms with Crippen LogP contribution in [0.3, 0.4) is 0 Å². The van der Waals surface area contributed by atoms with Crippen LogP contribution in [0.5, 0.6) is 0 Å². The van der Waals surface area contributed by atoms with E-state index in [1.165, 1.54) is 0 Å². The van der Waals surface area contributed by atoms with Crippen LogP contribution in [0.1, 0.15) is 16.0 Å². The normalized spacial score (nSPS) is 12.5. The van der Waals surface area contributed by atoms with Gasteiger partial charge in [-0.05, 0) is 41.5 Å². The Labute approximate surface area is 132 Å². The van der Waals surface area contributed by atoms with Crippen molar-refractivity contribution in [3.63, 3.8) is 0 Å². The Kier molecular flexibility index (Phi) is 4.72. The van der Waals surface area contributed by atoms with Gasteiger partial charge in [-0.25, -0.2) is 8.78 Å². The topological polar surface area (TPSA) is 0 Å². The Morgan fingerprint density at radius 3 is 2.11 bits per heavy atom. The highest BCUT2D eigenvalue weighted by molar-refractivity contribution is 9.09. The fourth-order valence-electron chi connectivity index (χ4n) is 1.61. The Bertz CT molecular complexity index is 632. The molecule has 0 bridgehead atoms. The summed E-state index contributed by atoms with van der Waals surface area (Å²) in [7, 11) is 0. The second-order valence-corrected chi connectivity index (χ2v) is 5.98. The van der Waals surface area contributed by atoms with Crippen LogP contribution in [0.25, 0.3) is 0 Å². The molecule has 2 aromatic rings. The van der Waals surface area contributed by atoms with Gasteiger partial charge in [-0.15, -0.1) is 0 Å². The lowest BCUT2D eigenvalue weighted by Crippen LogP contribution is -1.98. The molecule has 0 aliphatic heterocycles. The van der Waals surface area contributed by atoms with Gasteiger partial charge in [0, 0.05) is 15.1 Å². The van der Waals surface area contributed by atoms with E-state index in [0.29, 0.717) is 21.2 Å². The van der Waals surface area contributed by atoms with Gasteiger partial charge in [0.25, 0.3) is 0 Å². The highest BCUT2D eigenvalue weighted by Gasteiger charge is 2.19. The molecule has 0 amide bonds. The molecule has 0 radical (unpaired) electrons. The second kappa shape index (κ2) is 5.96. The van der Waals surface area contributed by atoms with Gasteiger partial charge in [0.05, 0.1) is 4.83 Å². The van der Waals surface area contributed by atoms with E-state index >= 15 is 0 Å². The van der Waals surface area contributed by atoms with Gasteiger partial charge in [-0.2, -0.15) is 0 Å². The average molecular weight is 386 g/mol. The molecule has 2 aromatic carbocycles. The molecule has 0 spiro atoms. The second-order valence-electron chi connectivity index (χ2n) is 3.82. The van der Waals surface area contributed by atoms with Gasteiger partial charge in [0.1, 0.15) is 0 Å². The lowest BCUT2D eigenvalue weighted by atomic mass is 10.0. The summed E-state index contributed by atoms with van der Waals surface area (Å²) >= 11 is 21.3. The Balaban J connectivity index is 2.52. The van der Waals surface area contributed by atoms with Gasteiger partial charge in [0.2, 0.25) is 0 Å². The van der Waals surface area contributed by atoms with E-state index in [2.05, 4.69) is 15.9 Å². The highest BCUT2D eigenvalue weighted by Crippen LogP contribution is 2.40. The molecule has 0 nitrogen and oxygen atoms in total.